The Morgan fingerprint density at radius 3 is 2.55 bits per heavy atom. The van der Waals surface area contributed by atoms with Gasteiger partial charge in [0.1, 0.15) is 10.0 Å². The van der Waals surface area contributed by atoms with Crippen molar-refractivity contribution in [2.24, 2.45) is 0 Å². The number of benzene rings is 2. The summed E-state index contributed by atoms with van der Waals surface area (Å²) in [6, 6.07) is 20.3. The molecule has 0 radical (unpaired) electrons. The molecule has 0 unspecified atom stereocenters. The van der Waals surface area contributed by atoms with E-state index in [9.17, 15) is 4.79 Å². The number of likely N-dealkylation sites (tertiary alicyclic amines) is 1. The van der Waals surface area contributed by atoms with Gasteiger partial charge in [0.15, 0.2) is 0 Å². The van der Waals surface area contributed by atoms with Gasteiger partial charge in [-0.25, -0.2) is 9.78 Å². The SMILES string of the molecule is COCCN1C[C@@H](NC(=O)Nc2sc(-c3ccccc3)nc2C)[C@H](c2ccccc2)C1. The number of hydrogen-bond donors (Lipinski definition) is 2. The van der Waals surface area contributed by atoms with Crippen LogP contribution in [0.4, 0.5) is 9.80 Å². The molecule has 1 saturated heterocycles. The number of nitrogens with zero attached hydrogens (tertiary/aromatic N) is 2. The zero-order chi connectivity index (χ0) is 21.6. The molecular formula is C24H28N4O2S. The van der Waals surface area contributed by atoms with Crippen molar-refractivity contribution in [1.29, 1.82) is 0 Å². The summed E-state index contributed by atoms with van der Waals surface area (Å²) < 4.78 is 5.25. The highest BCUT2D eigenvalue weighted by Crippen LogP contribution is 2.32. The Labute approximate surface area is 187 Å². The first-order chi connectivity index (χ1) is 15.1. The number of aryl methyl sites for hydroxylation is 1. The van der Waals surface area contributed by atoms with Gasteiger partial charge in [-0.1, -0.05) is 72.0 Å². The second-order valence-corrected chi connectivity index (χ2v) is 8.77. The lowest BCUT2D eigenvalue weighted by Crippen LogP contribution is -2.42. The molecule has 1 aliphatic rings. The number of methoxy groups -OCH3 is 1. The molecule has 3 aromatic rings. The zero-order valence-corrected chi connectivity index (χ0v) is 18.7. The number of urea groups is 1. The molecule has 6 nitrogen and oxygen atoms in total. The number of ether oxygens (including phenoxy) is 1. The molecule has 1 fully saturated rings. The van der Waals surface area contributed by atoms with Crippen molar-refractivity contribution in [2.45, 2.75) is 18.9 Å². The summed E-state index contributed by atoms with van der Waals surface area (Å²) in [5, 5.41) is 7.91. The van der Waals surface area contributed by atoms with Gasteiger partial charge in [-0.05, 0) is 12.5 Å². The first-order valence-electron chi connectivity index (χ1n) is 10.5. The molecule has 31 heavy (non-hydrogen) atoms. The molecule has 2 amide bonds. The Kier molecular flexibility index (Phi) is 6.96. The number of carbonyl (C=O) groups excluding carboxylic acids is 1. The molecular weight excluding hydrogens is 408 g/mol. The maximum absolute atomic E-state index is 12.9. The van der Waals surface area contributed by atoms with Crippen molar-refractivity contribution in [2.75, 3.05) is 38.7 Å². The molecule has 1 aromatic heterocycles. The first-order valence-corrected chi connectivity index (χ1v) is 11.3. The Morgan fingerprint density at radius 1 is 1.13 bits per heavy atom. The van der Waals surface area contributed by atoms with Gasteiger partial charge in [-0.2, -0.15) is 0 Å². The Morgan fingerprint density at radius 2 is 1.84 bits per heavy atom. The van der Waals surface area contributed by atoms with Crippen LogP contribution in [0.25, 0.3) is 10.6 Å². The van der Waals surface area contributed by atoms with Crippen molar-refractivity contribution >= 4 is 22.4 Å². The van der Waals surface area contributed by atoms with Gasteiger partial charge in [0, 0.05) is 38.2 Å². The molecule has 7 heteroatoms. The molecule has 2 heterocycles. The molecule has 0 bridgehead atoms. The van der Waals surface area contributed by atoms with Gasteiger partial charge in [0.05, 0.1) is 18.3 Å². The van der Waals surface area contributed by atoms with Gasteiger partial charge in [-0.15, -0.1) is 0 Å². The fourth-order valence-electron chi connectivity index (χ4n) is 4.00. The third kappa shape index (κ3) is 5.31. The number of thiazole rings is 1. The lowest BCUT2D eigenvalue weighted by Gasteiger charge is -2.20. The second kappa shape index (κ2) is 10.0. The van der Waals surface area contributed by atoms with E-state index in [1.807, 2.05) is 43.3 Å². The summed E-state index contributed by atoms with van der Waals surface area (Å²) in [6.45, 7) is 5.16. The largest absolute Gasteiger partial charge is 0.383 e. The van der Waals surface area contributed by atoms with Crippen molar-refractivity contribution in [1.82, 2.24) is 15.2 Å². The summed E-state index contributed by atoms with van der Waals surface area (Å²) in [4.78, 5) is 19.9. The molecule has 1 aliphatic heterocycles. The van der Waals surface area contributed by atoms with Crippen LogP contribution in [-0.4, -0.2) is 55.3 Å². The van der Waals surface area contributed by atoms with Crippen molar-refractivity contribution in [3.8, 4) is 10.6 Å². The topological polar surface area (TPSA) is 66.5 Å². The number of anilines is 1. The van der Waals surface area contributed by atoms with E-state index in [-0.39, 0.29) is 18.0 Å². The maximum Gasteiger partial charge on any atom is 0.320 e. The van der Waals surface area contributed by atoms with E-state index >= 15 is 0 Å². The molecule has 2 N–H and O–H groups in total. The summed E-state index contributed by atoms with van der Waals surface area (Å²) >= 11 is 1.50. The smallest absolute Gasteiger partial charge is 0.320 e. The molecule has 0 spiro atoms. The fraction of sp³-hybridized carbons (Fsp3) is 0.333. The minimum atomic E-state index is -0.189. The summed E-state index contributed by atoms with van der Waals surface area (Å²) in [6.07, 6.45) is 0. The van der Waals surface area contributed by atoms with Crippen molar-refractivity contribution in [3.63, 3.8) is 0 Å². The number of nitrogens with one attached hydrogen (secondary N) is 2. The van der Waals surface area contributed by atoms with E-state index in [0.717, 1.165) is 40.9 Å². The quantitative estimate of drug-likeness (QED) is 0.578. The lowest BCUT2D eigenvalue weighted by atomic mass is 9.94. The monoisotopic (exact) mass is 436 g/mol. The average Bonchev–Trinajstić information content (AvgIpc) is 3.36. The number of hydrogen-bond acceptors (Lipinski definition) is 5. The normalized spacial score (nSPS) is 18.8. The fourth-order valence-corrected chi connectivity index (χ4v) is 4.96. The Hall–Kier alpha value is -2.74. The minimum absolute atomic E-state index is 0.0288. The van der Waals surface area contributed by atoms with Crippen LogP contribution < -0.4 is 10.6 Å². The lowest BCUT2D eigenvalue weighted by molar-refractivity contribution is 0.159. The van der Waals surface area contributed by atoms with Crippen LogP contribution >= 0.6 is 11.3 Å². The summed E-state index contributed by atoms with van der Waals surface area (Å²) in [7, 11) is 1.72. The molecule has 0 saturated carbocycles. The molecule has 2 atom stereocenters. The van der Waals surface area contributed by atoms with Crippen LogP contribution in [0.1, 0.15) is 17.2 Å². The highest BCUT2D eigenvalue weighted by Gasteiger charge is 2.34. The van der Waals surface area contributed by atoms with E-state index < -0.39 is 0 Å². The summed E-state index contributed by atoms with van der Waals surface area (Å²) in [5.41, 5.74) is 3.12. The Bertz CT molecular complexity index is 993. The Balaban J connectivity index is 1.44. The molecule has 0 aliphatic carbocycles. The van der Waals surface area contributed by atoms with Crippen LogP contribution in [0.3, 0.4) is 0 Å². The number of carbonyl (C=O) groups is 1. The van der Waals surface area contributed by atoms with Crippen LogP contribution in [0.15, 0.2) is 60.7 Å². The first kappa shape index (κ1) is 21.5. The predicted octanol–water partition coefficient (Wildman–Crippen LogP) is 4.35. The standard InChI is InChI=1S/C24H28N4O2S/c1-17-22(31-23(25-17)19-11-7-4-8-12-19)27-24(29)26-21-16-28(13-14-30-2)15-20(21)18-9-5-3-6-10-18/h3-12,20-21H,13-16H2,1-2H3,(H2,26,27,29)/t20-,21+/m0/s1. The molecule has 2 aromatic carbocycles. The predicted molar refractivity (Wildman–Crippen MR) is 126 cm³/mol. The van der Waals surface area contributed by atoms with Crippen LogP contribution in [0.2, 0.25) is 0 Å². The third-order valence-electron chi connectivity index (χ3n) is 5.60. The van der Waals surface area contributed by atoms with E-state index in [2.05, 4.69) is 44.8 Å². The summed E-state index contributed by atoms with van der Waals surface area (Å²) in [5.74, 6) is 0.242. The average molecular weight is 437 g/mol. The zero-order valence-electron chi connectivity index (χ0n) is 17.9. The third-order valence-corrected chi connectivity index (χ3v) is 6.72. The van der Waals surface area contributed by atoms with Crippen LogP contribution in [0.5, 0.6) is 0 Å². The van der Waals surface area contributed by atoms with E-state index in [4.69, 9.17) is 4.74 Å². The van der Waals surface area contributed by atoms with Gasteiger partial charge in [0.2, 0.25) is 0 Å². The highest BCUT2D eigenvalue weighted by atomic mass is 32.1. The molecule has 4 rings (SSSR count). The van der Waals surface area contributed by atoms with Gasteiger partial charge in [0.25, 0.3) is 0 Å². The van der Waals surface area contributed by atoms with Crippen LogP contribution in [-0.2, 0) is 4.74 Å². The van der Waals surface area contributed by atoms with Gasteiger partial charge >= 0.3 is 6.03 Å². The minimum Gasteiger partial charge on any atom is -0.383 e. The van der Waals surface area contributed by atoms with E-state index in [0.29, 0.717) is 6.61 Å². The maximum atomic E-state index is 12.9. The van der Waals surface area contributed by atoms with Crippen LogP contribution in [0, 0.1) is 6.92 Å². The number of rotatable bonds is 7. The van der Waals surface area contributed by atoms with Gasteiger partial charge < -0.3 is 10.1 Å². The second-order valence-electron chi connectivity index (χ2n) is 7.77. The number of amides is 2. The van der Waals surface area contributed by atoms with E-state index in [1.165, 1.54) is 16.9 Å². The van der Waals surface area contributed by atoms with Crippen molar-refractivity contribution < 1.29 is 9.53 Å². The number of aromatic nitrogens is 1. The highest BCUT2D eigenvalue weighted by molar-refractivity contribution is 7.19. The molecule has 162 valence electrons. The van der Waals surface area contributed by atoms with Gasteiger partial charge in [-0.3, -0.25) is 10.2 Å². The van der Waals surface area contributed by atoms with E-state index in [1.54, 1.807) is 7.11 Å². The van der Waals surface area contributed by atoms with Crippen molar-refractivity contribution in [3.05, 3.63) is 71.9 Å².